The monoisotopic (exact) mass is 136 g/mol. The van der Waals surface area contributed by atoms with Crippen LogP contribution in [0.1, 0.15) is 19.8 Å². The molecule has 0 aliphatic heterocycles. The van der Waals surface area contributed by atoms with Gasteiger partial charge in [0.15, 0.2) is 0 Å². The van der Waals surface area contributed by atoms with E-state index in [0.717, 1.165) is 0 Å². The van der Waals surface area contributed by atoms with Crippen molar-refractivity contribution in [3.63, 3.8) is 0 Å². The molecule has 0 aromatic carbocycles. The second kappa shape index (κ2) is 3.09. The average Bonchev–Trinajstić information content (AvgIpc) is 1.64. The van der Waals surface area contributed by atoms with Crippen LogP contribution < -0.4 is 5.73 Å². The molecule has 0 aliphatic carbocycles. The van der Waals surface area contributed by atoms with Crippen molar-refractivity contribution in [1.29, 1.82) is 0 Å². The van der Waals surface area contributed by atoms with Crippen molar-refractivity contribution < 1.29 is 15.4 Å². The maximum absolute atomic E-state index is 10.1. The minimum Gasteiger partial charge on any atom is -0.563 e. The van der Waals surface area contributed by atoms with Crippen LogP contribution in [0.5, 0.6) is 0 Å². The van der Waals surface area contributed by atoms with E-state index in [-0.39, 0.29) is 0 Å². The number of nitrogens with two attached hydrogens (primary N) is 1. The Bertz CT molecular complexity index is 80.4. The van der Waals surface area contributed by atoms with Crippen LogP contribution in [-0.2, 0) is 0 Å². The van der Waals surface area contributed by atoms with Gasteiger partial charge < -0.3 is 5.21 Å². The van der Waals surface area contributed by atoms with Crippen LogP contribution in [0.2, 0.25) is 0 Å². The summed E-state index contributed by atoms with van der Waals surface area (Å²) in [6, 6.07) is 0. The summed E-state index contributed by atoms with van der Waals surface area (Å²) in [4.78, 5) is -2.38. The lowest BCUT2D eigenvalue weighted by atomic mass is 10.3. The van der Waals surface area contributed by atoms with E-state index in [2.05, 4.69) is 0 Å². The molecule has 0 aromatic heterocycles. The largest absolute Gasteiger partial charge is 0.563 e. The predicted octanol–water partition coefficient (Wildman–Crippen LogP) is 0.164. The van der Waals surface area contributed by atoms with Crippen LogP contribution in [0.3, 0.4) is 0 Å². The number of quaternary nitrogens is 1. The minimum atomic E-state index is -2.38. The lowest BCUT2D eigenvalue weighted by Gasteiger charge is -2.29. The third kappa shape index (κ3) is 3.39. The first-order valence-electron chi connectivity index (χ1n) is 2.79. The van der Waals surface area contributed by atoms with Gasteiger partial charge in [0, 0.05) is 6.42 Å². The summed E-state index contributed by atoms with van der Waals surface area (Å²) in [5.41, 5.74) is 5.02. The lowest BCUT2D eigenvalue weighted by molar-refractivity contribution is -1.23. The molecule has 1 unspecified atom stereocenters. The first-order valence-corrected chi connectivity index (χ1v) is 2.79. The summed E-state index contributed by atoms with van der Waals surface area (Å²) >= 11 is 0. The zero-order valence-electron chi connectivity index (χ0n) is 5.32. The highest BCUT2D eigenvalue weighted by molar-refractivity contribution is 4.42. The molecule has 0 saturated heterocycles. The highest BCUT2D eigenvalue weighted by Crippen LogP contribution is 2.02. The molecule has 9 heavy (non-hydrogen) atoms. The van der Waals surface area contributed by atoms with E-state index < -0.39 is 11.1 Å². The maximum Gasteiger partial charge on any atom is 0.202 e. The number of hydrogen-bond donors (Lipinski definition) is 3. The van der Waals surface area contributed by atoms with Gasteiger partial charge in [-0.15, -0.1) is 0 Å². The highest BCUT2D eigenvalue weighted by atomic mass is 17.1. The molecule has 0 amide bonds. The van der Waals surface area contributed by atoms with Crippen molar-refractivity contribution in [2.75, 3.05) is 0 Å². The average molecular weight is 136 g/mol. The molecule has 0 aliphatic rings. The Morgan fingerprint density at radius 2 is 2.11 bits per heavy atom. The summed E-state index contributed by atoms with van der Waals surface area (Å²) in [6.45, 7) is 1.80. The molecule has 0 spiro atoms. The minimum absolute atomic E-state index is 0.302. The lowest BCUT2D eigenvalue weighted by Crippen LogP contribution is -2.50. The van der Waals surface area contributed by atoms with Gasteiger partial charge in [0.05, 0.1) is 0 Å². The topological polar surface area (TPSA) is 89.5 Å². The first kappa shape index (κ1) is 8.80. The van der Waals surface area contributed by atoms with Crippen molar-refractivity contribution in [1.82, 2.24) is 0 Å². The second-order valence-corrected chi connectivity index (χ2v) is 1.95. The summed E-state index contributed by atoms with van der Waals surface area (Å²) in [7, 11) is 0. The number of hydrogen-bond acceptors (Lipinski definition) is 4. The molecule has 0 saturated carbocycles. The van der Waals surface area contributed by atoms with Gasteiger partial charge in [-0.2, -0.15) is 10.4 Å². The molecule has 0 heterocycles. The van der Waals surface area contributed by atoms with E-state index in [1.807, 2.05) is 0 Å². The second-order valence-electron chi connectivity index (χ2n) is 1.95. The highest BCUT2D eigenvalue weighted by Gasteiger charge is 2.19. The van der Waals surface area contributed by atoms with Crippen LogP contribution in [0.25, 0.3) is 0 Å². The normalized spacial score (nSPS) is 15.7. The molecular formula is C4H12N2O3. The fourth-order valence-electron chi connectivity index (χ4n) is 0.464. The third-order valence-corrected chi connectivity index (χ3v) is 1.02. The quantitative estimate of drug-likeness (QED) is 0.293. The molecule has 5 nitrogen and oxygen atoms in total. The standard InChI is InChI=1S/C4H12N2O3/c1-2-3-4(5)6(7,8)9/h4,7-8H,2-3,5H2,1H3. The van der Waals surface area contributed by atoms with E-state index in [0.29, 0.717) is 12.8 Å². The third-order valence-electron chi connectivity index (χ3n) is 1.02. The SMILES string of the molecule is CCCC(N)[N+]([O-])(O)O. The smallest absolute Gasteiger partial charge is 0.202 e. The Balaban J connectivity index is 3.59. The Morgan fingerprint density at radius 3 is 2.22 bits per heavy atom. The van der Waals surface area contributed by atoms with E-state index in [4.69, 9.17) is 16.1 Å². The van der Waals surface area contributed by atoms with Crippen molar-refractivity contribution in [2.45, 2.75) is 25.9 Å². The van der Waals surface area contributed by atoms with E-state index >= 15 is 0 Å². The molecule has 0 radical (unpaired) electrons. The first-order chi connectivity index (χ1) is 3.98. The summed E-state index contributed by atoms with van der Waals surface area (Å²) in [5.74, 6) is 0. The van der Waals surface area contributed by atoms with E-state index in [9.17, 15) is 5.21 Å². The van der Waals surface area contributed by atoms with Crippen LogP contribution in [0.15, 0.2) is 0 Å². The van der Waals surface area contributed by atoms with Crippen LogP contribution in [0.4, 0.5) is 0 Å². The van der Waals surface area contributed by atoms with Crippen LogP contribution >= 0.6 is 0 Å². The van der Waals surface area contributed by atoms with Gasteiger partial charge in [-0.05, 0) is 6.42 Å². The molecule has 1 atom stereocenters. The van der Waals surface area contributed by atoms with Crippen LogP contribution in [0, 0.1) is 5.21 Å². The number of nitrogens with zero attached hydrogens (tertiary/aromatic N) is 1. The maximum atomic E-state index is 10.1. The molecule has 5 heteroatoms. The van der Waals surface area contributed by atoms with E-state index in [1.54, 1.807) is 6.92 Å². The molecule has 4 N–H and O–H groups in total. The molecule has 0 aromatic rings. The number of hydroxylamine groups is 3. The molecule has 0 fully saturated rings. The Kier molecular flexibility index (Phi) is 3.02. The van der Waals surface area contributed by atoms with Gasteiger partial charge >= 0.3 is 0 Å². The Labute approximate surface area is 53.4 Å². The Hall–Kier alpha value is -0.200. The summed E-state index contributed by atoms with van der Waals surface area (Å²) in [6.07, 6.45) is -0.184. The molecule has 0 rings (SSSR count). The van der Waals surface area contributed by atoms with Crippen molar-refractivity contribution in [2.24, 2.45) is 5.73 Å². The van der Waals surface area contributed by atoms with Gasteiger partial charge in [0.25, 0.3) is 0 Å². The van der Waals surface area contributed by atoms with Crippen LogP contribution in [-0.4, -0.2) is 21.6 Å². The van der Waals surface area contributed by atoms with Gasteiger partial charge in [0.1, 0.15) is 0 Å². The van der Waals surface area contributed by atoms with E-state index in [1.165, 1.54) is 0 Å². The molecule has 0 bridgehead atoms. The molecule has 56 valence electrons. The van der Waals surface area contributed by atoms with Gasteiger partial charge in [-0.1, -0.05) is 11.9 Å². The fraction of sp³-hybridized carbons (Fsp3) is 1.00. The zero-order valence-corrected chi connectivity index (χ0v) is 5.32. The summed E-state index contributed by atoms with van der Waals surface area (Å²) in [5, 5.41) is 26.6. The Morgan fingerprint density at radius 1 is 1.67 bits per heavy atom. The van der Waals surface area contributed by atoms with Gasteiger partial charge in [-0.25, -0.2) is 0 Å². The van der Waals surface area contributed by atoms with Crippen molar-refractivity contribution in [3.8, 4) is 0 Å². The predicted molar refractivity (Wildman–Crippen MR) is 30.1 cm³/mol. The molecular weight excluding hydrogens is 124 g/mol. The van der Waals surface area contributed by atoms with Crippen molar-refractivity contribution >= 4 is 0 Å². The number of rotatable bonds is 3. The zero-order chi connectivity index (χ0) is 7.49. The van der Waals surface area contributed by atoms with Crippen molar-refractivity contribution in [3.05, 3.63) is 5.21 Å². The summed E-state index contributed by atoms with van der Waals surface area (Å²) < 4.78 is 0. The van der Waals surface area contributed by atoms with Gasteiger partial charge in [-0.3, -0.25) is 5.73 Å². The fourth-order valence-corrected chi connectivity index (χ4v) is 0.464. The van der Waals surface area contributed by atoms with Gasteiger partial charge in [0.2, 0.25) is 6.17 Å².